The van der Waals surface area contributed by atoms with E-state index in [1.165, 1.54) is 13.8 Å². The summed E-state index contributed by atoms with van der Waals surface area (Å²) in [5.41, 5.74) is 0. The van der Waals surface area contributed by atoms with Crippen LogP contribution < -0.4 is 0 Å². The van der Waals surface area contributed by atoms with Gasteiger partial charge in [0.15, 0.2) is 9.84 Å². The molecule has 6 heteroatoms. The van der Waals surface area contributed by atoms with Crippen LogP contribution >= 0.6 is 0 Å². The Bertz CT molecular complexity index is 346. The maximum atomic E-state index is 12.7. The number of aliphatic hydroxyl groups is 1. The Kier molecular flexibility index (Phi) is 3.67. The summed E-state index contributed by atoms with van der Waals surface area (Å²) in [5.74, 6) is 0. The molecular weight excluding hydrogens is 235 g/mol. The number of halogens is 1. The summed E-state index contributed by atoms with van der Waals surface area (Å²) in [6.45, 7) is 3.75. The highest BCUT2D eigenvalue weighted by Crippen LogP contribution is 2.47. The van der Waals surface area contributed by atoms with Crippen molar-refractivity contribution in [2.24, 2.45) is 0 Å². The zero-order valence-corrected chi connectivity index (χ0v) is 10.7. The third-order valence-corrected chi connectivity index (χ3v) is 6.36. The largest absolute Gasteiger partial charge is 0.391 e. The fourth-order valence-corrected chi connectivity index (χ4v) is 3.73. The minimum absolute atomic E-state index is 0.243. The fraction of sp³-hybridized carbons (Fsp3) is 1.00. The standard InChI is InChI=1S/C10H19FO4S/c1-9(2,7-15-8(11)6-12)16(13,14)10(3)4-5-10/h8,12H,4-7H2,1-3H3. The van der Waals surface area contributed by atoms with Crippen LogP contribution in [0.3, 0.4) is 0 Å². The van der Waals surface area contributed by atoms with Gasteiger partial charge in [0.1, 0.15) is 0 Å². The second kappa shape index (κ2) is 4.23. The molecule has 0 spiro atoms. The first-order valence-electron chi connectivity index (χ1n) is 5.27. The lowest BCUT2D eigenvalue weighted by molar-refractivity contribution is -0.0752. The van der Waals surface area contributed by atoms with Crippen LogP contribution in [0.15, 0.2) is 0 Å². The monoisotopic (exact) mass is 254 g/mol. The molecule has 16 heavy (non-hydrogen) atoms. The van der Waals surface area contributed by atoms with Crippen molar-refractivity contribution in [1.29, 1.82) is 0 Å². The molecule has 1 aliphatic carbocycles. The Labute approximate surface area is 95.7 Å². The molecule has 0 amide bonds. The maximum Gasteiger partial charge on any atom is 0.222 e. The first-order valence-corrected chi connectivity index (χ1v) is 6.75. The molecule has 1 fully saturated rings. The van der Waals surface area contributed by atoms with Crippen LogP contribution in [0.2, 0.25) is 0 Å². The van der Waals surface area contributed by atoms with Gasteiger partial charge in [0.25, 0.3) is 0 Å². The molecule has 1 rings (SSSR count). The Balaban J connectivity index is 2.70. The van der Waals surface area contributed by atoms with Crippen molar-refractivity contribution in [1.82, 2.24) is 0 Å². The molecule has 0 radical (unpaired) electrons. The highest BCUT2D eigenvalue weighted by molar-refractivity contribution is 7.94. The fourth-order valence-electron chi connectivity index (χ4n) is 1.53. The summed E-state index contributed by atoms with van der Waals surface area (Å²) >= 11 is 0. The zero-order chi connectivity index (χ0) is 12.6. The smallest absolute Gasteiger partial charge is 0.222 e. The van der Waals surface area contributed by atoms with Crippen molar-refractivity contribution in [2.45, 2.75) is 49.5 Å². The molecule has 1 aliphatic rings. The van der Waals surface area contributed by atoms with Gasteiger partial charge in [-0.05, 0) is 33.6 Å². The lowest BCUT2D eigenvalue weighted by Crippen LogP contribution is -2.44. The van der Waals surface area contributed by atoms with E-state index in [1.807, 2.05) is 0 Å². The minimum Gasteiger partial charge on any atom is -0.391 e. The van der Waals surface area contributed by atoms with Crippen molar-refractivity contribution in [3.8, 4) is 0 Å². The van der Waals surface area contributed by atoms with Crippen LogP contribution in [0.25, 0.3) is 0 Å². The molecule has 0 saturated heterocycles. The predicted octanol–water partition coefficient (Wildman–Crippen LogP) is 1.04. The number of hydrogen-bond donors (Lipinski definition) is 1. The molecule has 0 aromatic rings. The normalized spacial score (nSPS) is 21.8. The number of sulfone groups is 1. The topological polar surface area (TPSA) is 63.6 Å². The molecule has 96 valence electrons. The summed E-state index contributed by atoms with van der Waals surface area (Å²) in [5, 5.41) is 8.46. The summed E-state index contributed by atoms with van der Waals surface area (Å²) in [6, 6.07) is 0. The molecule has 4 nitrogen and oxygen atoms in total. The first-order chi connectivity index (χ1) is 7.16. The molecular formula is C10H19FO4S. The second-order valence-electron chi connectivity index (χ2n) is 5.12. The van der Waals surface area contributed by atoms with Crippen molar-refractivity contribution in [3.05, 3.63) is 0 Å². The lowest BCUT2D eigenvalue weighted by Gasteiger charge is -2.28. The molecule has 0 heterocycles. The van der Waals surface area contributed by atoms with E-state index < -0.39 is 32.3 Å². The maximum absolute atomic E-state index is 12.7. The Morgan fingerprint density at radius 2 is 2.00 bits per heavy atom. The molecule has 0 aromatic heterocycles. The van der Waals surface area contributed by atoms with Crippen LogP contribution in [0.4, 0.5) is 4.39 Å². The van der Waals surface area contributed by atoms with E-state index >= 15 is 0 Å². The van der Waals surface area contributed by atoms with Crippen LogP contribution in [0, 0.1) is 0 Å². The Morgan fingerprint density at radius 3 is 2.38 bits per heavy atom. The molecule has 0 aliphatic heterocycles. The molecule has 1 N–H and O–H groups in total. The van der Waals surface area contributed by atoms with Crippen molar-refractivity contribution in [3.63, 3.8) is 0 Å². The van der Waals surface area contributed by atoms with E-state index in [1.54, 1.807) is 6.92 Å². The average molecular weight is 254 g/mol. The SMILES string of the molecule is CC(C)(COC(F)CO)S(=O)(=O)C1(C)CC1. The van der Waals surface area contributed by atoms with Crippen molar-refractivity contribution in [2.75, 3.05) is 13.2 Å². The van der Waals surface area contributed by atoms with Gasteiger partial charge in [-0.1, -0.05) is 0 Å². The van der Waals surface area contributed by atoms with Gasteiger partial charge < -0.3 is 9.84 Å². The van der Waals surface area contributed by atoms with E-state index in [0.717, 1.165) is 0 Å². The third kappa shape index (κ3) is 2.38. The third-order valence-electron chi connectivity index (χ3n) is 3.09. The van der Waals surface area contributed by atoms with Gasteiger partial charge in [-0.25, -0.2) is 12.8 Å². The summed E-state index contributed by atoms with van der Waals surface area (Å²) < 4.78 is 39.9. The Morgan fingerprint density at radius 1 is 1.50 bits per heavy atom. The van der Waals surface area contributed by atoms with Gasteiger partial charge in [-0.3, -0.25) is 0 Å². The van der Waals surface area contributed by atoms with E-state index in [9.17, 15) is 12.8 Å². The minimum atomic E-state index is -3.34. The first kappa shape index (κ1) is 13.9. The van der Waals surface area contributed by atoms with Crippen LogP contribution in [-0.4, -0.2) is 42.6 Å². The summed E-state index contributed by atoms with van der Waals surface area (Å²) in [7, 11) is -3.34. The van der Waals surface area contributed by atoms with Crippen molar-refractivity contribution < 1.29 is 22.7 Å². The van der Waals surface area contributed by atoms with Gasteiger partial charge in [0, 0.05) is 0 Å². The molecule has 1 atom stereocenters. The number of ether oxygens (including phenoxy) is 1. The highest BCUT2D eigenvalue weighted by Gasteiger charge is 2.56. The van der Waals surface area contributed by atoms with E-state index in [0.29, 0.717) is 12.8 Å². The summed E-state index contributed by atoms with van der Waals surface area (Å²) in [4.78, 5) is 0. The van der Waals surface area contributed by atoms with E-state index in [-0.39, 0.29) is 6.61 Å². The number of hydrogen-bond acceptors (Lipinski definition) is 4. The highest BCUT2D eigenvalue weighted by atomic mass is 32.2. The zero-order valence-electron chi connectivity index (χ0n) is 9.86. The van der Waals surface area contributed by atoms with Gasteiger partial charge in [-0.15, -0.1) is 0 Å². The van der Waals surface area contributed by atoms with Crippen LogP contribution in [0.1, 0.15) is 33.6 Å². The van der Waals surface area contributed by atoms with Crippen molar-refractivity contribution >= 4 is 9.84 Å². The Hall–Kier alpha value is -0.200. The van der Waals surface area contributed by atoms with Gasteiger partial charge in [-0.2, -0.15) is 0 Å². The van der Waals surface area contributed by atoms with Gasteiger partial charge in [0.05, 0.1) is 22.7 Å². The quantitative estimate of drug-likeness (QED) is 0.769. The number of aliphatic hydroxyl groups excluding tert-OH is 1. The number of alkyl halides is 1. The molecule has 1 saturated carbocycles. The number of rotatable bonds is 6. The lowest BCUT2D eigenvalue weighted by atomic mass is 10.2. The molecule has 0 bridgehead atoms. The summed E-state index contributed by atoms with van der Waals surface area (Å²) in [6.07, 6.45) is -0.517. The second-order valence-corrected chi connectivity index (χ2v) is 8.21. The van der Waals surface area contributed by atoms with E-state index in [2.05, 4.69) is 4.74 Å². The van der Waals surface area contributed by atoms with E-state index in [4.69, 9.17) is 5.11 Å². The van der Waals surface area contributed by atoms with Gasteiger partial charge in [0.2, 0.25) is 6.36 Å². The van der Waals surface area contributed by atoms with Crippen LogP contribution in [-0.2, 0) is 14.6 Å². The predicted molar refractivity (Wildman–Crippen MR) is 58.6 cm³/mol. The van der Waals surface area contributed by atoms with Crippen LogP contribution in [0.5, 0.6) is 0 Å². The van der Waals surface area contributed by atoms with Gasteiger partial charge >= 0.3 is 0 Å². The molecule has 0 aromatic carbocycles. The molecule has 1 unspecified atom stereocenters. The average Bonchev–Trinajstić information content (AvgIpc) is 2.94.